The zero-order chi connectivity index (χ0) is 31.9. The van der Waals surface area contributed by atoms with Gasteiger partial charge in [-0.25, -0.2) is 0 Å². The zero-order valence-corrected chi connectivity index (χ0v) is 26.4. The minimum Gasteiger partial charge on any atom is -0.491 e. The molecule has 1 aromatic carbocycles. The van der Waals surface area contributed by atoms with Gasteiger partial charge in [-0.1, -0.05) is 45.7 Å². The first-order valence-corrected chi connectivity index (χ1v) is 16.0. The number of rotatable bonds is 5. The molecule has 2 heterocycles. The fourth-order valence-electron chi connectivity index (χ4n) is 6.40. The Morgan fingerprint density at radius 3 is 2.50 bits per heavy atom. The van der Waals surface area contributed by atoms with Crippen LogP contribution < -0.4 is 31.3 Å². The average molecular weight is 613 g/mol. The van der Waals surface area contributed by atoms with E-state index in [1.54, 1.807) is 31.2 Å². The molecule has 12 nitrogen and oxygen atoms in total. The number of nitrogens with zero attached hydrogens (tertiary/aromatic N) is 1. The normalized spacial score (nSPS) is 27.0. The molecule has 0 unspecified atom stereocenters. The van der Waals surface area contributed by atoms with Gasteiger partial charge in [-0.3, -0.25) is 28.9 Å². The van der Waals surface area contributed by atoms with Gasteiger partial charge >= 0.3 is 0 Å². The molecule has 1 aromatic rings. The van der Waals surface area contributed by atoms with Gasteiger partial charge in [0.05, 0.1) is 18.0 Å². The van der Waals surface area contributed by atoms with Crippen molar-refractivity contribution in [2.24, 2.45) is 5.92 Å². The molecule has 12 heteroatoms. The van der Waals surface area contributed by atoms with Gasteiger partial charge in [-0.15, -0.1) is 0 Å². The fraction of sp³-hybridized carbons (Fsp3) is 0.656. The first-order valence-electron chi connectivity index (χ1n) is 16.0. The van der Waals surface area contributed by atoms with Crippen LogP contribution in [-0.4, -0.2) is 90.4 Å². The molecule has 242 valence electrons. The lowest BCUT2D eigenvalue weighted by molar-refractivity contribution is -0.137. The molecule has 0 radical (unpaired) electrons. The third kappa shape index (κ3) is 8.08. The maximum atomic E-state index is 13.7. The van der Waals surface area contributed by atoms with E-state index in [2.05, 4.69) is 38.4 Å². The van der Waals surface area contributed by atoms with Crippen molar-refractivity contribution in [2.75, 3.05) is 26.2 Å². The molecule has 2 fully saturated rings. The number of hydrogen-bond acceptors (Lipinski definition) is 7. The van der Waals surface area contributed by atoms with Crippen molar-refractivity contribution < 1.29 is 28.7 Å². The standard InChI is InChI=1S/C32H48N6O6/c1-5-38-16-10-11-22(38)18-33-29(41)24-17-26(39)37-32(14-8-9-15-32)31(43)36-27(20(2)3)30(42)34-21(4)19-44-25-13-7-6-12-23(25)28(40)35-24/h6-7,12-13,20-22,24,27H,5,8-11,14-19H2,1-4H3,(H,33,41)(H,34,42)(H,35,40)(H,36,43)(H,37,39)/t21-,22-,24-,27+/m0/s1. The Labute approximate surface area is 259 Å². The molecule has 0 aromatic heterocycles. The molecule has 1 saturated carbocycles. The highest BCUT2D eigenvalue weighted by Crippen LogP contribution is 2.31. The van der Waals surface area contributed by atoms with E-state index in [1.165, 1.54) is 0 Å². The predicted molar refractivity (Wildman–Crippen MR) is 165 cm³/mol. The minimum absolute atomic E-state index is 0.0675. The van der Waals surface area contributed by atoms with Crippen LogP contribution in [0.1, 0.15) is 83.0 Å². The molecule has 3 aliphatic rings. The van der Waals surface area contributed by atoms with Crippen molar-refractivity contribution in [1.29, 1.82) is 0 Å². The minimum atomic E-state index is -1.21. The van der Waals surface area contributed by atoms with Gasteiger partial charge in [0.1, 0.15) is 30.0 Å². The van der Waals surface area contributed by atoms with Crippen LogP contribution in [0, 0.1) is 5.92 Å². The van der Waals surface area contributed by atoms with Gasteiger partial charge in [-0.2, -0.15) is 0 Å². The smallest absolute Gasteiger partial charge is 0.255 e. The van der Waals surface area contributed by atoms with Crippen molar-refractivity contribution in [3.8, 4) is 5.75 Å². The van der Waals surface area contributed by atoms with Crippen LogP contribution in [0.25, 0.3) is 0 Å². The van der Waals surface area contributed by atoms with Crippen LogP contribution in [0.5, 0.6) is 5.75 Å². The highest BCUT2D eigenvalue weighted by Gasteiger charge is 2.44. The van der Waals surface area contributed by atoms with Crippen LogP contribution in [0.15, 0.2) is 24.3 Å². The van der Waals surface area contributed by atoms with E-state index < -0.39 is 47.3 Å². The second-order valence-corrected chi connectivity index (χ2v) is 12.6. The lowest BCUT2D eigenvalue weighted by Crippen LogP contribution is -2.62. The maximum Gasteiger partial charge on any atom is 0.255 e. The van der Waals surface area contributed by atoms with Gasteiger partial charge < -0.3 is 31.3 Å². The molecule has 4 rings (SSSR count). The monoisotopic (exact) mass is 612 g/mol. The number of fused-ring (bicyclic) bond motifs is 1. The summed E-state index contributed by atoms with van der Waals surface area (Å²) >= 11 is 0. The molecule has 1 spiro atoms. The lowest BCUT2D eigenvalue weighted by Gasteiger charge is -2.33. The van der Waals surface area contributed by atoms with E-state index in [4.69, 9.17) is 4.74 Å². The van der Waals surface area contributed by atoms with E-state index in [0.29, 0.717) is 19.4 Å². The number of para-hydroxylation sites is 1. The second kappa shape index (κ2) is 14.9. The molecule has 5 amide bonds. The van der Waals surface area contributed by atoms with E-state index in [-0.39, 0.29) is 42.2 Å². The number of carbonyl (C=O) groups excluding carboxylic acids is 5. The Balaban J connectivity index is 1.63. The van der Waals surface area contributed by atoms with Crippen LogP contribution in [0.3, 0.4) is 0 Å². The van der Waals surface area contributed by atoms with Crippen LogP contribution in [0.4, 0.5) is 0 Å². The van der Waals surface area contributed by atoms with Crippen LogP contribution >= 0.6 is 0 Å². The summed E-state index contributed by atoms with van der Waals surface area (Å²) in [4.78, 5) is 69.9. The second-order valence-electron chi connectivity index (χ2n) is 12.6. The fourth-order valence-corrected chi connectivity index (χ4v) is 6.40. The van der Waals surface area contributed by atoms with E-state index in [0.717, 1.165) is 38.8 Å². The average Bonchev–Trinajstić information content (AvgIpc) is 3.66. The molecule has 1 aliphatic carbocycles. The summed E-state index contributed by atoms with van der Waals surface area (Å²) < 4.78 is 5.94. The van der Waals surface area contributed by atoms with Gasteiger partial charge in [-0.05, 0) is 63.7 Å². The summed E-state index contributed by atoms with van der Waals surface area (Å²) in [6.07, 6.45) is 3.93. The third-order valence-corrected chi connectivity index (χ3v) is 8.94. The molecular weight excluding hydrogens is 564 g/mol. The number of ether oxygens (including phenoxy) is 1. The number of likely N-dealkylation sites (N-methyl/N-ethyl adjacent to an activating group) is 1. The van der Waals surface area contributed by atoms with E-state index >= 15 is 0 Å². The molecule has 2 aliphatic heterocycles. The molecular formula is C32H48N6O6. The lowest BCUT2D eigenvalue weighted by atomic mass is 9.93. The van der Waals surface area contributed by atoms with Gasteiger partial charge in [0.15, 0.2) is 0 Å². The first kappa shape index (κ1) is 33.2. The number of amides is 5. The summed E-state index contributed by atoms with van der Waals surface area (Å²) in [5.74, 6) is -2.31. The van der Waals surface area contributed by atoms with Crippen LogP contribution in [0.2, 0.25) is 0 Å². The Morgan fingerprint density at radius 1 is 1.07 bits per heavy atom. The summed E-state index contributed by atoms with van der Waals surface area (Å²) in [6, 6.07) is 4.36. The van der Waals surface area contributed by atoms with Gasteiger partial charge in [0.2, 0.25) is 23.6 Å². The van der Waals surface area contributed by atoms with Crippen molar-refractivity contribution >= 4 is 29.5 Å². The highest BCUT2D eigenvalue weighted by atomic mass is 16.5. The van der Waals surface area contributed by atoms with Crippen molar-refractivity contribution in [3.05, 3.63) is 29.8 Å². The first-order chi connectivity index (χ1) is 21.0. The van der Waals surface area contributed by atoms with Crippen LogP contribution in [-0.2, 0) is 19.2 Å². The van der Waals surface area contributed by atoms with Crippen molar-refractivity contribution in [3.63, 3.8) is 0 Å². The molecule has 44 heavy (non-hydrogen) atoms. The van der Waals surface area contributed by atoms with E-state index in [1.807, 2.05) is 13.8 Å². The summed E-state index contributed by atoms with van der Waals surface area (Å²) in [5, 5.41) is 14.4. The van der Waals surface area contributed by atoms with Gasteiger partial charge in [0, 0.05) is 12.6 Å². The Morgan fingerprint density at radius 2 is 1.80 bits per heavy atom. The number of carbonyl (C=O) groups is 5. The summed E-state index contributed by atoms with van der Waals surface area (Å²) in [7, 11) is 0. The Bertz CT molecular complexity index is 1220. The quantitative estimate of drug-likeness (QED) is 0.335. The highest BCUT2D eigenvalue weighted by molar-refractivity contribution is 6.01. The third-order valence-electron chi connectivity index (χ3n) is 8.94. The van der Waals surface area contributed by atoms with E-state index in [9.17, 15) is 24.0 Å². The summed E-state index contributed by atoms with van der Waals surface area (Å²) in [5.41, 5.74) is -1.01. The number of hydrogen-bond donors (Lipinski definition) is 5. The predicted octanol–water partition coefficient (Wildman–Crippen LogP) is 1.24. The Kier molecular flexibility index (Phi) is 11.2. The van der Waals surface area contributed by atoms with Crippen molar-refractivity contribution in [1.82, 2.24) is 31.5 Å². The topological polar surface area (TPSA) is 158 Å². The molecule has 0 bridgehead atoms. The van der Waals surface area contributed by atoms with Gasteiger partial charge in [0.25, 0.3) is 5.91 Å². The SMILES string of the molecule is CCN1CCC[C@H]1CNC(=O)[C@@H]1CC(=O)NC2(CCCC2)C(=O)N[C@H](C(C)C)C(=O)N[C@@H](C)COc2ccccc2C(=O)N1. The number of likely N-dealkylation sites (tertiary alicyclic amines) is 1. The summed E-state index contributed by atoms with van der Waals surface area (Å²) in [6.45, 7) is 9.86. The number of nitrogens with one attached hydrogen (secondary N) is 5. The molecule has 5 N–H and O–H groups in total. The maximum absolute atomic E-state index is 13.7. The number of benzene rings is 1. The molecule has 1 saturated heterocycles. The van der Waals surface area contributed by atoms with Crippen molar-refractivity contribution in [2.45, 2.75) is 102 Å². The Hall–Kier alpha value is -3.67. The zero-order valence-electron chi connectivity index (χ0n) is 26.4. The largest absolute Gasteiger partial charge is 0.491 e. The molecule has 4 atom stereocenters.